The van der Waals surface area contributed by atoms with Gasteiger partial charge in [0.25, 0.3) is 11.5 Å². The van der Waals surface area contributed by atoms with Gasteiger partial charge in [-0.05, 0) is 39.0 Å². The molecule has 9 heteroatoms. The zero-order valence-electron chi connectivity index (χ0n) is 20.8. The van der Waals surface area contributed by atoms with Crippen LogP contribution in [0.2, 0.25) is 0 Å². The van der Waals surface area contributed by atoms with E-state index < -0.39 is 0 Å². The average molecular weight is 515 g/mol. The molecule has 0 saturated carbocycles. The van der Waals surface area contributed by atoms with Crippen molar-refractivity contribution in [2.45, 2.75) is 33.7 Å². The van der Waals surface area contributed by atoms with E-state index in [0.29, 0.717) is 41.1 Å². The standard InChI is InChI=1S/C26H34N4O3S2/c1-4-27-13-15-28(16-14-27)23-19-10-7-8-11-21(19)29(5-2)24(31)20(23)18-22-25(32)30(26(34)35-22)12-9-17-33-6-3/h7-8,10-11,18H,4-6,9,12-17H2,1-3H3. The van der Waals surface area contributed by atoms with Crippen molar-refractivity contribution in [1.29, 1.82) is 0 Å². The molecule has 0 bridgehead atoms. The fourth-order valence-electron chi connectivity index (χ4n) is 4.78. The van der Waals surface area contributed by atoms with E-state index >= 15 is 0 Å². The summed E-state index contributed by atoms with van der Waals surface area (Å²) in [6.45, 7) is 13.0. The number of piperazine rings is 1. The molecule has 0 aliphatic carbocycles. The van der Waals surface area contributed by atoms with Crippen LogP contribution in [0.15, 0.2) is 34.0 Å². The summed E-state index contributed by atoms with van der Waals surface area (Å²) in [6, 6.07) is 8.08. The molecule has 0 unspecified atom stereocenters. The third-order valence-electron chi connectivity index (χ3n) is 6.66. The number of nitrogens with zero attached hydrogens (tertiary/aromatic N) is 4. The van der Waals surface area contributed by atoms with Crippen LogP contribution in [-0.4, -0.2) is 77.1 Å². The van der Waals surface area contributed by atoms with Crippen LogP contribution in [0.25, 0.3) is 17.0 Å². The Morgan fingerprint density at radius 2 is 1.80 bits per heavy atom. The Morgan fingerprint density at radius 1 is 1.06 bits per heavy atom. The summed E-state index contributed by atoms with van der Waals surface area (Å²) in [5, 5.41) is 1.04. The maximum absolute atomic E-state index is 13.8. The molecule has 3 heterocycles. The maximum atomic E-state index is 13.8. The highest BCUT2D eigenvalue weighted by molar-refractivity contribution is 8.26. The van der Waals surface area contributed by atoms with E-state index in [-0.39, 0.29) is 11.5 Å². The molecule has 0 N–H and O–H groups in total. The molecule has 0 spiro atoms. The van der Waals surface area contributed by atoms with E-state index in [9.17, 15) is 9.59 Å². The predicted octanol–water partition coefficient (Wildman–Crippen LogP) is 3.79. The van der Waals surface area contributed by atoms with Crippen LogP contribution in [0, 0.1) is 0 Å². The summed E-state index contributed by atoms with van der Waals surface area (Å²) >= 11 is 6.80. The SMILES string of the molecule is CCOCCCN1C(=O)C(=Cc2c(N3CCN(CC)CC3)c3ccccc3n(CC)c2=O)SC1=S. The Balaban J connectivity index is 1.77. The van der Waals surface area contributed by atoms with Crippen molar-refractivity contribution in [3.05, 3.63) is 45.1 Å². The van der Waals surface area contributed by atoms with Gasteiger partial charge in [0.1, 0.15) is 4.32 Å². The highest BCUT2D eigenvalue weighted by atomic mass is 32.2. The fourth-order valence-corrected chi connectivity index (χ4v) is 6.07. The number of thioether (sulfide) groups is 1. The number of aromatic nitrogens is 1. The lowest BCUT2D eigenvalue weighted by atomic mass is 10.0. The molecule has 2 aliphatic heterocycles. The molecule has 0 atom stereocenters. The lowest BCUT2D eigenvalue weighted by Crippen LogP contribution is -2.47. The van der Waals surface area contributed by atoms with Gasteiger partial charge < -0.3 is 19.1 Å². The average Bonchev–Trinajstić information content (AvgIpc) is 3.14. The number of fused-ring (bicyclic) bond motifs is 1. The van der Waals surface area contributed by atoms with Gasteiger partial charge in [-0.25, -0.2) is 0 Å². The van der Waals surface area contributed by atoms with Gasteiger partial charge in [0, 0.05) is 57.9 Å². The highest BCUT2D eigenvalue weighted by Gasteiger charge is 2.33. The summed E-state index contributed by atoms with van der Waals surface area (Å²) in [4.78, 5) is 33.9. The number of benzene rings is 1. The number of thiocarbonyl (C=S) groups is 1. The topological polar surface area (TPSA) is 58.0 Å². The van der Waals surface area contributed by atoms with E-state index in [1.54, 1.807) is 15.5 Å². The van der Waals surface area contributed by atoms with Crippen molar-refractivity contribution in [2.75, 3.05) is 57.4 Å². The molecule has 1 aromatic carbocycles. The fraction of sp³-hybridized carbons (Fsp3) is 0.500. The van der Waals surface area contributed by atoms with Gasteiger partial charge in [-0.3, -0.25) is 14.5 Å². The van der Waals surface area contributed by atoms with Crippen molar-refractivity contribution in [2.24, 2.45) is 0 Å². The van der Waals surface area contributed by atoms with Gasteiger partial charge >= 0.3 is 0 Å². The maximum Gasteiger partial charge on any atom is 0.266 e. The Labute approximate surface area is 216 Å². The lowest BCUT2D eigenvalue weighted by molar-refractivity contribution is -0.122. The third kappa shape index (κ3) is 5.33. The Kier molecular flexibility index (Phi) is 8.64. The number of aryl methyl sites for hydroxylation is 1. The van der Waals surface area contributed by atoms with Gasteiger partial charge in [-0.2, -0.15) is 0 Å². The minimum atomic E-state index is -0.131. The Morgan fingerprint density at radius 3 is 2.49 bits per heavy atom. The number of amides is 1. The molecular weight excluding hydrogens is 480 g/mol. The molecule has 35 heavy (non-hydrogen) atoms. The van der Waals surface area contributed by atoms with Gasteiger partial charge in [0.2, 0.25) is 0 Å². The van der Waals surface area contributed by atoms with Crippen LogP contribution in [0.4, 0.5) is 5.69 Å². The number of para-hydroxylation sites is 1. The van der Waals surface area contributed by atoms with Gasteiger partial charge in [0.15, 0.2) is 0 Å². The van der Waals surface area contributed by atoms with E-state index in [2.05, 4.69) is 22.8 Å². The number of carbonyl (C=O) groups excluding carboxylic acids is 1. The van der Waals surface area contributed by atoms with Crippen molar-refractivity contribution >= 4 is 56.9 Å². The lowest BCUT2D eigenvalue weighted by Gasteiger charge is -2.37. The summed E-state index contributed by atoms with van der Waals surface area (Å²) in [6.07, 6.45) is 2.50. The van der Waals surface area contributed by atoms with Crippen LogP contribution in [0.3, 0.4) is 0 Å². The molecule has 4 rings (SSSR count). The zero-order valence-corrected chi connectivity index (χ0v) is 22.4. The van der Waals surface area contributed by atoms with E-state index in [1.807, 2.05) is 32.0 Å². The molecular formula is C26H34N4O3S2. The highest BCUT2D eigenvalue weighted by Crippen LogP contribution is 2.36. The number of hydrogen-bond acceptors (Lipinski definition) is 7. The quantitative estimate of drug-likeness (QED) is 0.287. The molecule has 7 nitrogen and oxygen atoms in total. The second-order valence-electron chi connectivity index (χ2n) is 8.63. The van der Waals surface area contributed by atoms with Gasteiger partial charge in [-0.1, -0.05) is 49.1 Å². The molecule has 0 radical (unpaired) electrons. The second-order valence-corrected chi connectivity index (χ2v) is 10.3. The van der Waals surface area contributed by atoms with Gasteiger partial charge in [-0.15, -0.1) is 0 Å². The molecule has 188 valence electrons. The van der Waals surface area contributed by atoms with Crippen molar-refractivity contribution in [3.8, 4) is 0 Å². The number of ether oxygens (including phenoxy) is 1. The molecule has 2 aliphatic rings. The largest absolute Gasteiger partial charge is 0.382 e. The van der Waals surface area contributed by atoms with Gasteiger partial charge in [0.05, 0.1) is 21.7 Å². The van der Waals surface area contributed by atoms with Crippen molar-refractivity contribution in [1.82, 2.24) is 14.4 Å². The third-order valence-corrected chi connectivity index (χ3v) is 8.03. The summed E-state index contributed by atoms with van der Waals surface area (Å²) in [5.74, 6) is -0.131. The summed E-state index contributed by atoms with van der Waals surface area (Å²) in [7, 11) is 0. The molecule has 1 amide bonds. The smallest absolute Gasteiger partial charge is 0.266 e. The minimum absolute atomic E-state index is 0.0688. The second kappa shape index (κ2) is 11.7. The van der Waals surface area contributed by atoms with Crippen LogP contribution >= 0.6 is 24.0 Å². The molecule has 2 aromatic rings. The zero-order chi connectivity index (χ0) is 24.9. The minimum Gasteiger partial charge on any atom is -0.382 e. The first kappa shape index (κ1) is 25.9. The van der Waals surface area contributed by atoms with E-state index in [4.69, 9.17) is 17.0 Å². The van der Waals surface area contributed by atoms with E-state index in [1.165, 1.54) is 11.8 Å². The number of hydrogen-bond donors (Lipinski definition) is 0. The first-order valence-corrected chi connectivity index (χ1v) is 13.7. The molecule has 2 saturated heterocycles. The monoisotopic (exact) mass is 514 g/mol. The van der Waals surface area contributed by atoms with Crippen LogP contribution < -0.4 is 10.5 Å². The summed E-state index contributed by atoms with van der Waals surface area (Å²) in [5.41, 5.74) is 2.35. The first-order valence-electron chi connectivity index (χ1n) is 12.5. The first-order chi connectivity index (χ1) is 17.0. The van der Waals surface area contributed by atoms with Crippen LogP contribution in [-0.2, 0) is 16.1 Å². The number of pyridine rings is 1. The normalized spacial score (nSPS) is 18.4. The number of likely N-dealkylation sites (N-methyl/N-ethyl adjacent to an activating group) is 1. The van der Waals surface area contributed by atoms with E-state index in [0.717, 1.165) is 55.7 Å². The van der Waals surface area contributed by atoms with Crippen molar-refractivity contribution < 1.29 is 9.53 Å². The van der Waals surface area contributed by atoms with Crippen LogP contribution in [0.1, 0.15) is 32.8 Å². The molecule has 2 fully saturated rings. The number of carbonyl (C=O) groups is 1. The number of rotatable bonds is 9. The summed E-state index contributed by atoms with van der Waals surface area (Å²) < 4.78 is 7.75. The Hall–Kier alpha value is -2.20. The molecule has 1 aromatic heterocycles. The predicted molar refractivity (Wildman–Crippen MR) is 149 cm³/mol. The number of anilines is 1. The van der Waals surface area contributed by atoms with Crippen LogP contribution in [0.5, 0.6) is 0 Å². The Bertz CT molecular complexity index is 1190. The van der Waals surface area contributed by atoms with Crippen molar-refractivity contribution in [3.63, 3.8) is 0 Å².